The molecule has 2 amide bonds. The lowest BCUT2D eigenvalue weighted by Crippen LogP contribution is -2.50. The number of rotatable bonds is 1. The predicted molar refractivity (Wildman–Crippen MR) is 129 cm³/mol. The van der Waals surface area contributed by atoms with Crippen LogP contribution in [0.3, 0.4) is 0 Å². The highest BCUT2D eigenvalue weighted by Gasteiger charge is 2.35. The predicted octanol–water partition coefficient (Wildman–Crippen LogP) is 5.36. The molecule has 172 valence electrons. The van der Waals surface area contributed by atoms with Crippen LogP contribution >= 0.6 is 0 Å². The Labute approximate surface area is 194 Å². The van der Waals surface area contributed by atoms with Gasteiger partial charge >= 0.3 is 6.03 Å². The molecule has 0 spiro atoms. The SMILES string of the molecule is Cc1nc2ccc(-c3ccc4c(c3)CN(C(=O)N3CCC5CCCCC5C3)CCO4)cc2[nH]1. The number of amides is 2. The highest BCUT2D eigenvalue weighted by molar-refractivity contribution is 5.82. The van der Waals surface area contributed by atoms with Crippen molar-refractivity contribution in [1.82, 2.24) is 19.8 Å². The van der Waals surface area contributed by atoms with E-state index in [0.29, 0.717) is 25.6 Å². The van der Waals surface area contributed by atoms with E-state index in [9.17, 15) is 4.79 Å². The summed E-state index contributed by atoms with van der Waals surface area (Å²) in [6.45, 7) is 5.56. The Morgan fingerprint density at radius 1 is 1.00 bits per heavy atom. The van der Waals surface area contributed by atoms with Crippen LogP contribution in [-0.2, 0) is 6.54 Å². The topological polar surface area (TPSA) is 61.5 Å². The third-order valence-electron chi connectivity index (χ3n) is 7.81. The number of hydrogen-bond acceptors (Lipinski definition) is 3. The van der Waals surface area contributed by atoms with E-state index in [0.717, 1.165) is 64.7 Å². The van der Waals surface area contributed by atoms with Gasteiger partial charge in [0, 0.05) is 18.7 Å². The van der Waals surface area contributed by atoms with Gasteiger partial charge in [0.25, 0.3) is 0 Å². The Balaban J connectivity index is 1.23. The largest absolute Gasteiger partial charge is 0.491 e. The minimum Gasteiger partial charge on any atom is -0.491 e. The number of fused-ring (bicyclic) bond motifs is 3. The monoisotopic (exact) mass is 444 g/mol. The molecule has 2 aliphatic heterocycles. The standard InChI is InChI=1S/C27H32N4O2/c1-18-28-24-8-6-21(15-25(24)29-18)20-7-9-26-23(14-20)17-31(12-13-33-26)27(32)30-11-10-19-4-2-3-5-22(19)16-30/h6-9,14-15,19,22H,2-5,10-13,16-17H2,1H3,(H,28,29). The smallest absolute Gasteiger partial charge is 0.320 e. The number of nitrogens with zero attached hydrogens (tertiary/aromatic N) is 3. The summed E-state index contributed by atoms with van der Waals surface area (Å²) in [4.78, 5) is 25.4. The summed E-state index contributed by atoms with van der Waals surface area (Å²) < 4.78 is 6.04. The second-order valence-electron chi connectivity index (χ2n) is 9.97. The number of piperidine rings is 1. The second-order valence-corrected chi connectivity index (χ2v) is 9.97. The van der Waals surface area contributed by atoms with Gasteiger partial charge in [-0.1, -0.05) is 31.4 Å². The fraction of sp³-hybridized carbons (Fsp3) is 0.481. The molecule has 6 rings (SSSR count). The van der Waals surface area contributed by atoms with E-state index in [1.54, 1.807) is 0 Å². The zero-order valence-corrected chi connectivity index (χ0v) is 19.3. The highest BCUT2D eigenvalue weighted by Crippen LogP contribution is 2.37. The molecular formula is C27H32N4O2. The highest BCUT2D eigenvalue weighted by atomic mass is 16.5. The van der Waals surface area contributed by atoms with Crippen LogP contribution in [0.15, 0.2) is 36.4 Å². The fourth-order valence-corrected chi connectivity index (χ4v) is 6.03. The van der Waals surface area contributed by atoms with E-state index >= 15 is 0 Å². The van der Waals surface area contributed by atoms with E-state index in [2.05, 4.69) is 51.3 Å². The Bertz CT molecular complexity index is 1190. The number of aryl methyl sites for hydroxylation is 1. The second kappa shape index (κ2) is 8.40. The summed E-state index contributed by atoms with van der Waals surface area (Å²) in [5, 5.41) is 0. The average Bonchev–Trinajstić information content (AvgIpc) is 3.08. The number of carbonyl (C=O) groups is 1. The van der Waals surface area contributed by atoms with Crippen molar-refractivity contribution >= 4 is 17.1 Å². The third-order valence-corrected chi connectivity index (χ3v) is 7.81. The van der Waals surface area contributed by atoms with Crippen LogP contribution in [0, 0.1) is 18.8 Å². The lowest BCUT2D eigenvalue weighted by molar-refractivity contribution is 0.0811. The van der Waals surface area contributed by atoms with Crippen molar-refractivity contribution in [2.75, 3.05) is 26.2 Å². The Kier molecular flexibility index (Phi) is 5.24. The van der Waals surface area contributed by atoms with Crippen molar-refractivity contribution in [3.8, 4) is 16.9 Å². The Morgan fingerprint density at radius 2 is 1.82 bits per heavy atom. The molecule has 1 N–H and O–H groups in total. The molecule has 2 fully saturated rings. The summed E-state index contributed by atoms with van der Waals surface area (Å²) in [6.07, 6.45) is 6.48. The maximum atomic E-state index is 13.5. The first kappa shape index (κ1) is 20.6. The number of imidazole rings is 1. The number of hydrogen-bond donors (Lipinski definition) is 1. The van der Waals surface area contributed by atoms with Gasteiger partial charge in [-0.15, -0.1) is 0 Å². The van der Waals surface area contributed by atoms with Crippen LogP contribution in [0.2, 0.25) is 0 Å². The van der Waals surface area contributed by atoms with Gasteiger partial charge in [-0.2, -0.15) is 0 Å². The average molecular weight is 445 g/mol. The summed E-state index contributed by atoms with van der Waals surface area (Å²) >= 11 is 0. The third kappa shape index (κ3) is 3.96. The molecule has 6 heteroatoms. The number of ether oxygens (including phenoxy) is 1. The number of urea groups is 1. The minimum absolute atomic E-state index is 0.176. The molecule has 0 bridgehead atoms. The zero-order valence-electron chi connectivity index (χ0n) is 19.3. The van der Waals surface area contributed by atoms with Gasteiger partial charge < -0.3 is 19.5 Å². The first-order valence-electron chi connectivity index (χ1n) is 12.4. The summed E-state index contributed by atoms with van der Waals surface area (Å²) in [5.41, 5.74) is 5.36. The molecule has 3 heterocycles. The molecule has 6 nitrogen and oxygen atoms in total. The Morgan fingerprint density at radius 3 is 2.73 bits per heavy atom. The number of aromatic nitrogens is 2. The number of nitrogens with one attached hydrogen (secondary N) is 1. The molecule has 2 aromatic carbocycles. The first-order valence-corrected chi connectivity index (χ1v) is 12.4. The molecule has 3 aliphatic rings. The van der Waals surface area contributed by atoms with Gasteiger partial charge in [0.05, 0.1) is 24.1 Å². The molecule has 2 unspecified atom stereocenters. The number of carbonyl (C=O) groups excluding carboxylic acids is 1. The van der Waals surface area contributed by atoms with Crippen molar-refractivity contribution in [1.29, 1.82) is 0 Å². The van der Waals surface area contributed by atoms with Gasteiger partial charge in [-0.25, -0.2) is 9.78 Å². The first-order chi connectivity index (χ1) is 16.1. The molecule has 1 aromatic heterocycles. The van der Waals surface area contributed by atoms with E-state index in [1.807, 2.05) is 11.8 Å². The van der Waals surface area contributed by atoms with E-state index in [1.165, 1.54) is 25.7 Å². The van der Waals surface area contributed by atoms with Crippen LogP contribution in [0.1, 0.15) is 43.5 Å². The number of benzene rings is 2. The van der Waals surface area contributed by atoms with Crippen molar-refractivity contribution < 1.29 is 9.53 Å². The Hall–Kier alpha value is -3.02. The molecule has 1 aliphatic carbocycles. The quantitative estimate of drug-likeness (QED) is 0.549. The van der Waals surface area contributed by atoms with Gasteiger partial charge in [-0.3, -0.25) is 0 Å². The van der Waals surface area contributed by atoms with Gasteiger partial charge in [0.2, 0.25) is 0 Å². The van der Waals surface area contributed by atoms with E-state index in [-0.39, 0.29) is 6.03 Å². The molecule has 1 saturated carbocycles. The maximum absolute atomic E-state index is 13.5. The molecular weight excluding hydrogens is 412 g/mol. The molecule has 0 radical (unpaired) electrons. The van der Waals surface area contributed by atoms with Crippen LogP contribution in [0.5, 0.6) is 5.75 Å². The summed E-state index contributed by atoms with van der Waals surface area (Å²) in [6, 6.07) is 12.8. The van der Waals surface area contributed by atoms with Crippen LogP contribution in [-0.4, -0.2) is 52.0 Å². The number of aromatic amines is 1. The zero-order chi connectivity index (χ0) is 22.4. The minimum atomic E-state index is 0.176. The van der Waals surface area contributed by atoms with Gasteiger partial charge in [0.1, 0.15) is 18.2 Å². The van der Waals surface area contributed by atoms with Crippen molar-refractivity contribution in [2.45, 2.75) is 45.6 Å². The summed E-state index contributed by atoms with van der Waals surface area (Å²) in [5.74, 6) is 3.33. The maximum Gasteiger partial charge on any atom is 0.320 e. The lowest BCUT2D eigenvalue weighted by Gasteiger charge is -2.42. The number of likely N-dealkylation sites (tertiary alicyclic amines) is 1. The number of H-pyrrole nitrogens is 1. The lowest BCUT2D eigenvalue weighted by atomic mass is 9.75. The fourth-order valence-electron chi connectivity index (χ4n) is 6.03. The van der Waals surface area contributed by atoms with Crippen molar-refractivity contribution in [3.05, 3.63) is 47.8 Å². The van der Waals surface area contributed by atoms with Crippen LogP contribution < -0.4 is 4.74 Å². The normalized spacial score (nSPS) is 22.9. The molecule has 1 saturated heterocycles. The van der Waals surface area contributed by atoms with Crippen LogP contribution in [0.4, 0.5) is 4.79 Å². The van der Waals surface area contributed by atoms with Crippen molar-refractivity contribution in [3.63, 3.8) is 0 Å². The van der Waals surface area contributed by atoms with Gasteiger partial charge in [0.15, 0.2) is 0 Å². The van der Waals surface area contributed by atoms with Crippen LogP contribution in [0.25, 0.3) is 22.2 Å². The summed E-state index contributed by atoms with van der Waals surface area (Å²) in [7, 11) is 0. The molecule has 2 atom stereocenters. The van der Waals surface area contributed by atoms with E-state index < -0.39 is 0 Å². The molecule has 3 aromatic rings. The van der Waals surface area contributed by atoms with E-state index in [4.69, 9.17) is 4.74 Å². The molecule has 33 heavy (non-hydrogen) atoms. The van der Waals surface area contributed by atoms with Gasteiger partial charge in [-0.05, 0) is 67.0 Å². The van der Waals surface area contributed by atoms with Crippen molar-refractivity contribution in [2.24, 2.45) is 11.8 Å².